The summed E-state index contributed by atoms with van der Waals surface area (Å²) in [7, 11) is 0. The summed E-state index contributed by atoms with van der Waals surface area (Å²) in [6.45, 7) is 0. The summed E-state index contributed by atoms with van der Waals surface area (Å²) in [5.41, 5.74) is 2.23. The maximum Gasteiger partial charge on any atom is 0.0439 e. The van der Waals surface area contributed by atoms with Gasteiger partial charge in [-0.05, 0) is 42.2 Å². The molecule has 0 amide bonds. The Morgan fingerprint density at radius 1 is 0.889 bits per heavy atom. The number of benzene rings is 2. The van der Waals surface area contributed by atoms with Crippen LogP contribution in [0.1, 0.15) is 11.1 Å². The van der Waals surface area contributed by atoms with Gasteiger partial charge in [0.25, 0.3) is 0 Å². The molecule has 0 aliphatic rings. The van der Waals surface area contributed by atoms with E-state index in [1.165, 1.54) is 5.56 Å². The molecular weight excluding hydrogens is 287 g/mol. The van der Waals surface area contributed by atoms with Crippen molar-refractivity contribution < 1.29 is 0 Å². The summed E-state index contributed by atoms with van der Waals surface area (Å²) < 4.78 is 0. The maximum absolute atomic E-state index is 6.37. The lowest BCUT2D eigenvalue weighted by Gasteiger charge is -2.11. The molecule has 3 heteroatoms. The van der Waals surface area contributed by atoms with Crippen molar-refractivity contribution in [2.45, 2.75) is 18.2 Å². The molecule has 0 bridgehead atoms. The van der Waals surface area contributed by atoms with E-state index in [0.29, 0.717) is 5.02 Å². The average molecular weight is 300 g/mol. The van der Waals surface area contributed by atoms with Crippen LogP contribution in [0.15, 0.2) is 48.5 Å². The van der Waals surface area contributed by atoms with Gasteiger partial charge >= 0.3 is 0 Å². The lowest BCUT2D eigenvalue weighted by Crippen LogP contribution is -2.07. The molecule has 0 fully saturated rings. The van der Waals surface area contributed by atoms with Gasteiger partial charge in [0, 0.05) is 15.4 Å². The highest BCUT2D eigenvalue weighted by molar-refractivity contribution is 6.33. The third-order valence-electron chi connectivity index (χ3n) is 2.75. The van der Waals surface area contributed by atoms with Gasteiger partial charge in [-0.3, -0.25) is 0 Å². The SMILES string of the molecule is Clc1ccc(Cl)c(CC(Cl)Cc2ccccc2)c1. The van der Waals surface area contributed by atoms with Crippen LogP contribution in [0.3, 0.4) is 0 Å². The van der Waals surface area contributed by atoms with Crippen LogP contribution >= 0.6 is 34.8 Å². The van der Waals surface area contributed by atoms with Crippen molar-refractivity contribution in [3.8, 4) is 0 Å². The van der Waals surface area contributed by atoms with Crippen LogP contribution in [0.2, 0.25) is 10.0 Å². The highest BCUT2D eigenvalue weighted by Crippen LogP contribution is 2.24. The third-order valence-corrected chi connectivity index (χ3v) is 3.66. The van der Waals surface area contributed by atoms with Gasteiger partial charge in [-0.15, -0.1) is 11.6 Å². The number of alkyl halides is 1. The van der Waals surface area contributed by atoms with Crippen LogP contribution in [0.5, 0.6) is 0 Å². The van der Waals surface area contributed by atoms with Gasteiger partial charge in [-0.1, -0.05) is 53.5 Å². The van der Waals surface area contributed by atoms with E-state index in [9.17, 15) is 0 Å². The molecule has 0 N–H and O–H groups in total. The van der Waals surface area contributed by atoms with Crippen molar-refractivity contribution in [3.63, 3.8) is 0 Å². The maximum atomic E-state index is 6.37. The van der Waals surface area contributed by atoms with Gasteiger partial charge < -0.3 is 0 Å². The van der Waals surface area contributed by atoms with Crippen LogP contribution in [-0.2, 0) is 12.8 Å². The molecule has 0 aliphatic heterocycles. The lowest BCUT2D eigenvalue weighted by molar-refractivity contribution is 0.831. The molecule has 1 unspecified atom stereocenters. The van der Waals surface area contributed by atoms with Crippen molar-refractivity contribution in [1.82, 2.24) is 0 Å². The Hall–Kier alpha value is -0.690. The fourth-order valence-electron chi connectivity index (χ4n) is 1.88. The van der Waals surface area contributed by atoms with E-state index >= 15 is 0 Å². The van der Waals surface area contributed by atoms with E-state index < -0.39 is 0 Å². The summed E-state index contributed by atoms with van der Waals surface area (Å²) in [6, 6.07) is 15.7. The Labute approximate surface area is 122 Å². The highest BCUT2D eigenvalue weighted by atomic mass is 35.5. The first-order valence-corrected chi connectivity index (χ1v) is 6.96. The first-order valence-electron chi connectivity index (χ1n) is 5.77. The molecular formula is C15H13Cl3. The Bertz CT molecular complexity index is 508. The molecule has 1 atom stereocenters. The molecule has 0 heterocycles. The first kappa shape index (κ1) is 13.7. The predicted molar refractivity (Wildman–Crippen MR) is 80.0 cm³/mol. The largest absolute Gasteiger partial charge is 0.122 e. The molecule has 18 heavy (non-hydrogen) atoms. The molecule has 2 aromatic carbocycles. The highest BCUT2D eigenvalue weighted by Gasteiger charge is 2.10. The van der Waals surface area contributed by atoms with E-state index in [1.807, 2.05) is 30.3 Å². The fraction of sp³-hybridized carbons (Fsp3) is 0.200. The van der Waals surface area contributed by atoms with Gasteiger partial charge in [-0.25, -0.2) is 0 Å². The number of halogens is 3. The fourth-order valence-corrected chi connectivity index (χ4v) is 2.61. The van der Waals surface area contributed by atoms with Gasteiger partial charge in [0.15, 0.2) is 0 Å². The van der Waals surface area contributed by atoms with Gasteiger partial charge in [0.1, 0.15) is 0 Å². The van der Waals surface area contributed by atoms with Crippen molar-refractivity contribution in [1.29, 1.82) is 0 Å². The zero-order valence-corrected chi connectivity index (χ0v) is 12.0. The Morgan fingerprint density at radius 2 is 1.61 bits per heavy atom. The number of hydrogen-bond donors (Lipinski definition) is 0. The molecule has 2 aromatic rings. The third kappa shape index (κ3) is 3.91. The molecule has 2 rings (SSSR count). The minimum absolute atomic E-state index is 0.0170. The first-order chi connectivity index (χ1) is 8.65. The predicted octanol–water partition coefficient (Wildman–Crippen LogP) is 5.39. The van der Waals surface area contributed by atoms with E-state index in [2.05, 4.69) is 12.1 Å². The molecule has 0 spiro atoms. The van der Waals surface area contributed by atoms with Crippen LogP contribution < -0.4 is 0 Å². The summed E-state index contributed by atoms with van der Waals surface area (Å²) in [5.74, 6) is 0. The van der Waals surface area contributed by atoms with Crippen molar-refractivity contribution in [3.05, 3.63) is 69.7 Å². The minimum atomic E-state index is 0.0170. The zero-order chi connectivity index (χ0) is 13.0. The molecule has 0 saturated carbocycles. The van der Waals surface area contributed by atoms with Crippen LogP contribution in [0.25, 0.3) is 0 Å². The monoisotopic (exact) mass is 298 g/mol. The molecule has 0 radical (unpaired) electrons. The van der Waals surface area contributed by atoms with Crippen molar-refractivity contribution >= 4 is 34.8 Å². The Morgan fingerprint density at radius 3 is 2.33 bits per heavy atom. The summed E-state index contributed by atoms with van der Waals surface area (Å²) in [4.78, 5) is 0. The summed E-state index contributed by atoms with van der Waals surface area (Å²) in [5, 5.41) is 1.43. The molecule has 94 valence electrons. The Balaban J connectivity index is 2.03. The Kier molecular flexibility index (Phi) is 4.94. The van der Waals surface area contributed by atoms with Crippen LogP contribution in [0, 0.1) is 0 Å². The zero-order valence-electron chi connectivity index (χ0n) is 9.74. The summed E-state index contributed by atoms with van der Waals surface area (Å²) >= 11 is 18.5. The normalized spacial score (nSPS) is 12.4. The molecule has 0 aromatic heterocycles. The van der Waals surface area contributed by atoms with Crippen molar-refractivity contribution in [2.75, 3.05) is 0 Å². The van der Waals surface area contributed by atoms with Gasteiger partial charge in [-0.2, -0.15) is 0 Å². The second-order valence-corrected chi connectivity index (χ2v) is 5.69. The van der Waals surface area contributed by atoms with Gasteiger partial charge in [0.05, 0.1) is 0 Å². The van der Waals surface area contributed by atoms with Crippen LogP contribution in [-0.4, -0.2) is 5.38 Å². The molecule has 0 aliphatic carbocycles. The number of hydrogen-bond acceptors (Lipinski definition) is 0. The second-order valence-electron chi connectivity index (χ2n) is 4.23. The standard InChI is InChI=1S/C15H13Cl3/c16-13-6-7-15(18)12(9-13)10-14(17)8-11-4-2-1-3-5-11/h1-7,9,14H,8,10H2. The second kappa shape index (κ2) is 6.47. The van der Waals surface area contributed by atoms with E-state index in [4.69, 9.17) is 34.8 Å². The van der Waals surface area contributed by atoms with E-state index in [0.717, 1.165) is 23.4 Å². The summed E-state index contributed by atoms with van der Waals surface area (Å²) in [6.07, 6.45) is 1.54. The quantitative estimate of drug-likeness (QED) is 0.664. The topological polar surface area (TPSA) is 0 Å². The average Bonchev–Trinajstić information content (AvgIpc) is 2.35. The minimum Gasteiger partial charge on any atom is -0.122 e. The molecule has 0 saturated heterocycles. The van der Waals surface area contributed by atoms with Crippen LogP contribution in [0.4, 0.5) is 0 Å². The van der Waals surface area contributed by atoms with E-state index in [-0.39, 0.29) is 5.38 Å². The lowest BCUT2D eigenvalue weighted by atomic mass is 10.0. The van der Waals surface area contributed by atoms with Crippen molar-refractivity contribution in [2.24, 2.45) is 0 Å². The molecule has 0 nitrogen and oxygen atoms in total. The number of rotatable bonds is 4. The van der Waals surface area contributed by atoms with E-state index in [1.54, 1.807) is 6.07 Å². The smallest absolute Gasteiger partial charge is 0.0439 e. The van der Waals surface area contributed by atoms with Gasteiger partial charge in [0.2, 0.25) is 0 Å².